The van der Waals surface area contributed by atoms with Gasteiger partial charge in [-0.2, -0.15) is 0 Å². The molecule has 0 saturated heterocycles. The van der Waals surface area contributed by atoms with Gasteiger partial charge in [0.25, 0.3) is 0 Å². The zero-order chi connectivity index (χ0) is 18.6. The van der Waals surface area contributed by atoms with Crippen LogP contribution in [0.4, 0.5) is 0 Å². The summed E-state index contributed by atoms with van der Waals surface area (Å²) in [6.07, 6.45) is 20.4. The summed E-state index contributed by atoms with van der Waals surface area (Å²) in [7, 11) is 1.91. The Bertz CT molecular complexity index is 309. The van der Waals surface area contributed by atoms with Crippen LogP contribution in [0.1, 0.15) is 103 Å². The van der Waals surface area contributed by atoms with Crippen molar-refractivity contribution in [3.63, 3.8) is 0 Å². The molecule has 0 aliphatic heterocycles. The molecule has 0 amide bonds. The minimum Gasteiger partial charge on any atom is -0.388 e. The molecule has 0 fully saturated rings. The van der Waals surface area contributed by atoms with Crippen LogP contribution in [0.3, 0.4) is 0 Å². The van der Waals surface area contributed by atoms with E-state index in [4.69, 9.17) is 0 Å². The van der Waals surface area contributed by atoms with Gasteiger partial charge in [0.2, 0.25) is 0 Å². The van der Waals surface area contributed by atoms with E-state index in [1.807, 2.05) is 7.05 Å². The van der Waals surface area contributed by atoms with E-state index < -0.39 is 0 Å². The fourth-order valence-corrected chi connectivity index (χ4v) is 3.13. The normalized spacial score (nSPS) is 10.8. The van der Waals surface area contributed by atoms with Crippen molar-refractivity contribution >= 4 is 0 Å². The minimum absolute atomic E-state index is 0.992. The second kappa shape index (κ2) is 19.6. The Hall–Kier alpha value is -0.760. The zero-order valence-electron chi connectivity index (χ0n) is 17.4. The molecule has 0 heterocycles. The summed E-state index contributed by atoms with van der Waals surface area (Å²) >= 11 is 0. The van der Waals surface area contributed by atoms with E-state index in [0.29, 0.717) is 0 Å². The summed E-state index contributed by atoms with van der Waals surface area (Å²) in [5.74, 6) is 0. The number of hydrogen-bond donors (Lipinski definition) is 2. The molecule has 148 valence electrons. The van der Waals surface area contributed by atoms with Gasteiger partial charge in [0.15, 0.2) is 0 Å². The number of hydrogen-bond acceptors (Lipinski definition) is 2. The van der Waals surface area contributed by atoms with Crippen LogP contribution in [-0.2, 0) is 0 Å². The molecule has 0 rings (SSSR count). The van der Waals surface area contributed by atoms with Crippen LogP contribution in [0, 0.1) is 0 Å². The van der Waals surface area contributed by atoms with Crippen LogP contribution in [0.2, 0.25) is 0 Å². The highest BCUT2D eigenvalue weighted by Gasteiger charge is 1.98. The van der Waals surface area contributed by atoms with Crippen LogP contribution in [0.15, 0.2) is 24.4 Å². The van der Waals surface area contributed by atoms with Gasteiger partial charge in [-0.1, -0.05) is 90.7 Å². The maximum absolute atomic E-state index is 4.07. The largest absolute Gasteiger partial charge is 0.388 e. The van der Waals surface area contributed by atoms with Crippen molar-refractivity contribution in [3.8, 4) is 0 Å². The molecule has 0 aromatic rings. The van der Waals surface area contributed by atoms with Gasteiger partial charge >= 0.3 is 0 Å². The molecule has 2 heteroatoms. The van der Waals surface area contributed by atoms with Crippen molar-refractivity contribution in [1.29, 1.82) is 0 Å². The maximum atomic E-state index is 4.07. The van der Waals surface area contributed by atoms with E-state index in [1.54, 1.807) is 0 Å². The van der Waals surface area contributed by atoms with Crippen molar-refractivity contribution in [2.24, 2.45) is 0 Å². The van der Waals surface area contributed by atoms with Crippen LogP contribution >= 0.6 is 0 Å². The third-order valence-corrected chi connectivity index (χ3v) is 5.02. The Morgan fingerprint density at radius 3 is 1.56 bits per heavy atom. The van der Waals surface area contributed by atoms with Crippen LogP contribution in [-0.4, -0.2) is 20.1 Å². The van der Waals surface area contributed by atoms with Gasteiger partial charge in [-0.25, -0.2) is 0 Å². The molecule has 0 spiro atoms. The summed E-state index contributed by atoms with van der Waals surface area (Å²) in [6, 6.07) is 0. The number of likely N-dealkylation sites (N-methyl/N-ethyl adjacent to an activating group) is 1. The summed E-state index contributed by atoms with van der Waals surface area (Å²) in [5.41, 5.74) is 2.16. The van der Waals surface area contributed by atoms with Crippen LogP contribution in [0.5, 0.6) is 0 Å². The predicted octanol–water partition coefficient (Wildman–Crippen LogP) is 6.74. The molecule has 0 aromatic carbocycles. The van der Waals surface area contributed by atoms with Gasteiger partial charge < -0.3 is 10.6 Å². The van der Waals surface area contributed by atoms with Crippen molar-refractivity contribution in [2.45, 2.75) is 103 Å². The summed E-state index contributed by atoms with van der Waals surface area (Å²) < 4.78 is 0. The molecule has 2 N–H and O–H groups in total. The van der Waals surface area contributed by atoms with E-state index in [9.17, 15) is 0 Å². The molecule has 0 bridgehead atoms. The lowest BCUT2D eigenvalue weighted by atomic mass is 10.0. The number of nitrogens with one attached hydrogen (secondary N) is 2. The Kier molecular flexibility index (Phi) is 19.0. The van der Waals surface area contributed by atoms with Crippen LogP contribution < -0.4 is 10.6 Å². The van der Waals surface area contributed by atoms with Crippen molar-refractivity contribution in [1.82, 2.24) is 10.6 Å². The second-order valence-corrected chi connectivity index (χ2v) is 7.43. The maximum Gasteiger partial charge on any atom is 0.0291 e. The molecule has 0 saturated carbocycles. The van der Waals surface area contributed by atoms with Gasteiger partial charge in [-0.15, -0.1) is 0 Å². The Balaban J connectivity index is 3.10. The summed E-state index contributed by atoms with van der Waals surface area (Å²) in [5, 5.41) is 6.66. The Morgan fingerprint density at radius 1 is 0.640 bits per heavy atom. The van der Waals surface area contributed by atoms with Gasteiger partial charge in [-0.05, 0) is 44.3 Å². The van der Waals surface area contributed by atoms with E-state index in [-0.39, 0.29) is 0 Å². The topological polar surface area (TPSA) is 24.1 Å². The highest BCUT2D eigenvalue weighted by molar-refractivity contribution is 5.22. The second-order valence-electron chi connectivity index (χ2n) is 7.43. The van der Waals surface area contributed by atoms with E-state index in [1.165, 1.54) is 103 Å². The number of allylic oxidation sites excluding steroid dienone is 1. The highest BCUT2D eigenvalue weighted by Crippen LogP contribution is 2.14. The third kappa shape index (κ3) is 17.8. The predicted molar refractivity (Wildman–Crippen MR) is 115 cm³/mol. The average molecular weight is 351 g/mol. The fraction of sp³-hybridized carbons (Fsp3) is 0.826. The van der Waals surface area contributed by atoms with Crippen molar-refractivity contribution in [2.75, 3.05) is 20.1 Å². The molecule has 0 atom stereocenters. The molecule has 25 heavy (non-hydrogen) atoms. The molecule has 0 aliphatic rings. The number of unbranched alkanes of at least 4 members (excludes halogenated alkanes) is 12. The van der Waals surface area contributed by atoms with Gasteiger partial charge in [0.05, 0.1) is 0 Å². The fourth-order valence-electron chi connectivity index (χ4n) is 3.13. The van der Waals surface area contributed by atoms with Crippen molar-refractivity contribution in [3.05, 3.63) is 24.4 Å². The molecule has 2 nitrogen and oxygen atoms in total. The van der Waals surface area contributed by atoms with Crippen LogP contribution in [0.25, 0.3) is 0 Å². The highest BCUT2D eigenvalue weighted by atomic mass is 14.8. The molecule has 0 unspecified atom stereocenters. The van der Waals surface area contributed by atoms with Crippen molar-refractivity contribution < 1.29 is 0 Å². The first-order valence-corrected chi connectivity index (χ1v) is 11.0. The standard InChI is InChI=1S/C23H46N2/c1-5-6-7-14-17-20-25-21-18-15-12-10-8-9-11-13-16-19-22(2)23(3)24-4/h24-25H,2-3,5-21H2,1,4H3. The number of rotatable bonds is 20. The van der Waals surface area contributed by atoms with Gasteiger partial charge in [0.1, 0.15) is 0 Å². The zero-order valence-corrected chi connectivity index (χ0v) is 17.4. The molecular formula is C23H46N2. The van der Waals surface area contributed by atoms with E-state index in [0.717, 1.165) is 17.7 Å². The van der Waals surface area contributed by atoms with Gasteiger partial charge in [0, 0.05) is 12.7 Å². The molecule has 0 aromatic heterocycles. The molecule has 0 aliphatic carbocycles. The summed E-state index contributed by atoms with van der Waals surface area (Å²) in [6.45, 7) is 12.7. The van der Waals surface area contributed by atoms with Gasteiger partial charge in [-0.3, -0.25) is 0 Å². The third-order valence-electron chi connectivity index (χ3n) is 5.02. The summed E-state index contributed by atoms with van der Waals surface area (Å²) in [4.78, 5) is 0. The van der Waals surface area contributed by atoms with E-state index >= 15 is 0 Å². The lowest BCUT2D eigenvalue weighted by molar-refractivity contribution is 0.534. The lowest BCUT2D eigenvalue weighted by Crippen LogP contribution is -2.16. The average Bonchev–Trinajstić information content (AvgIpc) is 2.63. The monoisotopic (exact) mass is 350 g/mol. The first-order chi connectivity index (χ1) is 12.2. The SMILES string of the molecule is C=C(CCCCCCCCCCCNCCCCCCC)C(=C)NC. The quantitative estimate of drug-likeness (QED) is 0.188. The molecule has 0 radical (unpaired) electrons. The first-order valence-electron chi connectivity index (χ1n) is 11.0. The Morgan fingerprint density at radius 2 is 1.08 bits per heavy atom. The first kappa shape index (κ1) is 24.2. The minimum atomic E-state index is 0.992. The Labute approximate surface area is 158 Å². The molecular weight excluding hydrogens is 304 g/mol. The smallest absolute Gasteiger partial charge is 0.0291 e. The lowest BCUT2D eigenvalue weighted by Gasteiger charge is -2.08. The van der Waals surface area contributed by atoms with E-state index in [2.05, 4.69) is 30.7 Å².